The third-order valence-electron chi connectivity index (χ3n) is 6.58. The molecule has 0 aromatic heterocycles. The summed E-state index contributed by atoms with van der Waals surface area (Å²) in [5.74, 6) is -2.10. The van der Waals surface area contributed by atoms with Gasteiger partial charge in [0.05, 0.1) is 5.56 Å². The predicted molar refractivity (Wildman–Crippen MR) is 120 cm³/mol. The van der Waals surface area contributed by atoms with Gasteiger partial charge in [-0.25, -0.2) is 13.2 Å². The summed E-state index contributed by atoms with van der Waals surface area (Å²) in [5.41, 5.74) is 0.726. The highest BCUT2D eigenvalue weighted by molar-refractivity contribution is 5.89. The van der Waals surface area contributed by atoms with Crippen LogP contribution in [0.5, 0.6) is 5.75 Å². The normalized spacial score (nSPS) is 18.6. The zero-order valence-electron chi connectivity index (χ0n) is 18.1. The van der Waals surface area contributed by atoms with Crippen LogP contribution in [0.2, 0.25) is 0 Å². The Kier molecular flexibility index (Phi) is 7.01. The van der Waals surface area contributed by atoms with Crippen molar-refractivity contribution in [3.63, 3.8) is 0 Å². The molecule has 174 valence electrons. The van der Waals surface area contributed by atoms with Crippen LogP contribution < -0.4 is 4.74 Å². The van der Waals surface area contributed by atoms with E-state index in [0.717, 1.165) is 44.6 Å². The lowest BCUT2D eigenvalue weighted by atomic mass is 9.77. The van der Waals surface area contributed by atoms with E-state index in [4.69, 9.17) is 0 Å². The summed E-state index contributed by atoms with van der Waals surface area (Å²) >= 11 is 0. The van der Waals surface area contributed by atoms with E-state index in [-0.39, 0.29) is 22.4 Å². The van der Waals surface area contributed by atoms with E-state index in [0.29, 0.717) is 16.9 Å². The average Bonchev–Trinajstić information content (AvgIpc) is 2.79. The van der Waals surface area contributed by atoms with E-state index in [1.54, 1.807) is 0 Å². The highest BCUT2D eigenvalue weighted by Gasteiger charge is 2.24. The second kappa shape index (κ2) is 9.94. The SMILES string of the molecule is C=CCCC1CCC(c2cc(F)c(-c3ccc4c(F)c(OC(F)F)ccc4c3)c(F)c2)CC1. The van der Waals surface area contributed by atoms with Crippen LogP contribution in [0.25, 0.3) is 21.9 Å². The molecule has 3 aromatic rings. The van der Waals surface area contributed by atoms with Gasteiger partial charge in [0, 0.05) is 5.39 Å². The molecule has 1 nitrogen and oxygen atoms in total. The largest absolute Gasteiger partial charge is 0.432 e. The molecular weight excluding hydrogens is 435 g/mol. The van der Waals surface area contributed by atoms with Crippen molar-refractivity contribution in [3.05, 3.63) is 78.1 Å². The molecule has 6 heteroatoms. The first kappa shape index (κ1) is 23.3. The minimum atomic E-state index is -3.15. The zero-order valence-corrected chi connectivity index (χ0v) is 18.1. The van der Waals surface area contributed by atoms with Crippen LogP contribution in [0.15, 0.2) is 55.1 Å². The lowest BCUT2D eigenvalue weighted by Crippen LogP contribution is -2.13. The molecular formula is C27H25F5O. The molecule has 0 amide bonds. The fraction of sp³-hybridized carbons (Fsp3) is 0.333. The molecule has 0 atom stereocenters. The molecule has 1 aliphatic carbocycles. The van der Waals surface area contributed by atoms with Gasteiger partial charge in [-0.15, -0.1) is 6.58 Å². The van der Waals surface area contributed by atoms with E-state index in [1.807, 2.05) is 6.08 Å². The molecule has 1 fully saturated rings. The summed E-state index contributed by atoms with van der Waals surface area (Å²) in [5, 5.41) is 0.356. The van der Waals surface area contributed by atoms with Crippen molar-refractivity contribution in [2.24, 2.45) is 5.92 Å². The van der Waals surface area contributed by atoms with Crippen molar-refractivity contribution in [2.45, 2.75) is 51.1 Å². The third kappa shape index (κ3) is 5.05. The number of ether oxygens (including phenoxy) is 1. The molecule has 1 aliphatic rings. The highest BCUT2D eigenvalue weighted by Crippen LogP contribution is 2.40. The van der Waals surface area contributed by atoms with Crippen LogP contribution in [0.1, 0.15) is 50.0 Å². The Labute approximate surface area is 189 Å². The number of benzene rings is 3. The standard InChI is InChI=1S/C27H25F5O/c1-2-3-4-16-5-7-17(8-6-16)20-14-22(28)25(23(29)15-20)19-9-11-21-18(13-19)10-12-24(26(21)30)33-27(31)32/h2,9-17,27H,1,3-8H2. The van der Waals surface area contributed by atoms with Crippen molar-refractivity contribution >= 4 is 10.8 Å². The minimum Gasteiger partial charge on any atom is -0.432 e. The van der Waals surface area contributed by atoms with Crippen molar-refractivity contribution in [1.82, 2.24) is 0 Å². The van der Waals surface area contributed by atoms with Crippen LogP contribution >= 0.6 is 0 Å². The smallest absolute Gasteiger partial charge is 0.387 e. The Morgan fingerprint density at radius 1 is 0.939 bits per heavy atom. The van der Waals surface area contributed by atoms with E-state index >= 15 is 8.78 Å². The van der Waals surface area contributed by atoms with Gasteiger partial charge in [0.25, 0.3) is 0 Å². The Bertz CT molecular complexity index is 1130. The third-order valence-corrected chi connectivity index (χ3v) is 6.58. The van der Waals surface area contributed by atoms with Gasteiger partial charge in [-0.2, -0.15) is 8.78 Å². The Morgan fingerprint density at radius 3 is 2.27 bits per heavy atom. The first-order chi connectivity index (χ1) is 15.9. The molecule has 3 aromatic carbocycles. The van der Waals surface area contributed by atoms with Crippen LogP contribution in [-0.2, 0) is 0 Å². The molecule has 4 rings (SSSR count). The summed E-state index contributed by atoms with van der Waals surface area (Å²) < 4.78 is 73.6. The molecule has 0 saturated heterocycles. The van der Waals surface area contributed by atoms with E-state index in [9.17, 15) is 13.2 Å². The highest BCUT2D eigenvalue weighted by atomic mass is 19.3. The topological polar surface area (TPSA) is 9.23 Å². The number of rotatable bonds is 7. The van der Waals surface area contributed by atoms with E-state index in [1.165, 1.54) is 36.4 Å². The first-order valence-electron chi connectivity index (χ1n) is 11.1. The monoisotopic (exact) mass is 460 g/mol. The molecule has 33 heavy (non-hydrogen) atoms. The van der Waals surface area contributed by atoms with Gasteiger partial charge in [0.2, 0.25) is 0 Å². The van der Waals surface area contributed by atoms with Gasteiger partial charge in [0.1, 0.15) is 11.6 Å². The van der Waals surface area contributed by atoms with Gasteiger partial charge in [-0.3, -0.25) is 0 Å². The summed E-state index contributed by atoms with van der Waals surface area (Å²) in [6.07, 6.45) is 7.90. The van der Waals surface area contributed by atoms with Crippen molar-refractivity contribution in [3.8, 4) is 16.9 Å². The quantitative estimate of drug-likeness (QED) is 0.253. The zero-order chi connectivity index (χ0) is 23.5. The average molecular weight is 460 g/mol. The second-order valence-electron chi connectivity index (χ2n) is 8.64. The summed E-state index contributed by atoms with van der Waals surface area (Å²) in [4.78, 5) is 0. The summed E-state index contributed by atoms with van der Waals surface area (Å²) in [6.45, 7) is 0.608. The maximum absolute atomic E-state index is 15.1. The van der Waals surface area contributed by atoms with Gasteiger partial charge < -0.3 is 4.74 Å². The van der Waals surface area contributed by atoms with E-state index in [2.05, 4.69) is 11.3 Å². The maximum atomic E-state index is 15.1. The fourth-order valence-corrected chi connectivity index (χ4v) is 4.86. The number of hydrogen-bond acceptors (Lipinski definition) is 1. The number of allylic oxidation sites excluding steroid dienone is 1. The lowest BCUT2D eigenvalue weighted by Gasteiger charge is -2.29. The van der Waals surface area contributed by atoms with Crippen LogP contribution in [0.3, 0.4) is 0 Å². The van der Waals surface area contributed by atoms with Crippen LogP contribution in [0, 0.1) is 23.4 Å². The molecule has 0 unspecified atom stereocenters. The molecule has 0 spiro atoms. The number of hydrogen-bond donors (Lipinski definition) is 0. The summed E-state index contributed by atoms with van der Waals surface area (Å²) in [7, 11) is 0. The van der Waals surface area contributed by atoms with Crippen molar-refractivity contribution in [2.75, 3.05) is 0 Å². The molecule has 0 heterocycles. The minimum absolute atomic E-state index is 0.0301. The van der Waals surface area contributed by atoms with Crippen LogP contribution in [0.4, 0.5) is 22.0 Å². The number of fused-ring (bicyclic) bond motifs is 1. The first-order valence-corrected chi connectivity index (χ1v) is 11.1. The number of alkyl halides is 2. The summed E-state index contributed by atoms with van der Waals surface area (Å²) in [6, 6.07) is 9.40. The predicted octanol–water partition coefficient (Wildman–Crippen LogP) is 8.77. The lowest BCUT2D eigenvalue weighted by molar-refractivity contribution is -0.0520. The van der Waals surface area contributed by atoms with Crippen molar-refractivity contribution in [1.29, 1.82) is 0 Å². The maximum Gasteiger partial charge on any atom is 0.387 e. The van der Waals surface area contributed by atoms with Gasteiger partial charge in [-0.05, 0) is 91.1 Å². The van der Waals surface area contributed by atoms with Gasteiger partial charge in [-0.1, -0.05) is 24.3 Å². The molecule has 1 saturated carbocycles. The van der Waals surface area contributed by atoms with Gasteiger partial charge in [0.15, 0.2) is 11.6 Å². The molecule has 0 radical (unpaired) electrons. The number of halogens is 5. The fourth-order valence-electron chi connectivity index (χ4n) is 4.86. The molecule has 0 aliphatic heterocycles. The Morgan fingerprint density at radius 2 is 1.64 bits per heavy atom. The Balaban J connectivity index is 1.59. The van der Waals surface area contributed by atoms with Crippen molar-refractivity contribution < 1.29 is 26.7 Å². The molecule has 0 N–H and O–H groups in total. The van der Waals surface area contributed by atoms with E-state index < -0.39 is 29.8 Å². The second-order valence-corrected chi connectivity index (χ2v) is 8.64. The van der Waals surface area contributed by atoms with Gasteiger partial charge >= 0.3 is 6.61 Å². The molecule has 0 bridgehead atoms. The Hall–Kier alpha value is -2.89. The van der Waals surface area contributed by atoms with Crippen LogP contribution in [-0.4, -0.2) is 6.61 Å².